The fourth-order valence-corrected chi connectivity index (χ4v) is 4.59. The van der Waals surface area contributed by atoms with Crippen LogP contribution in [0.5, 0.6) is 0 Å². The van der Waals surface area contributed by atoms with Crippen molar-refractivity contribution in [3.63, 3.8) is 0 Å². The lowest BCUT2D eigenvalue weighted by Gasteiger charge is -2.55. The molecule has 0 bridgehead atoms. The number of likely N-dealkylation sites (tertiary alicyclic amines) is 1. The van der Waals surface area contributed by atoms with Crippen LogP contribution in [-0.2, 0) is 0 Å². The summed E-state index contributed by atoms with van der Waals surface area (Å²) in [6.07, 6.45) is 5.45. The zero-order valence-electron chi connectivity index (χ0n) is 12.8. The summed E-state index contributed by atoms with van der Waals surface area (Å²) < 4.78 is 0. The van der Waals surface area contributed by atoms with Crippen molar-refractivity contribution < 1.29 is 0 Å². The van der Waals surface area contributed by atoms with Crippen molar-refractivity contribution in [3.8, 4) is 0 Å². The molecule has 0 aromatic heterocycles. The molecule has 1 saturated carbocycles. The maximum Gasteiger partial charge on any atom is 0.0359 e. The largest absolute Gasteiger partial charge is 0.329 e. The summed E-state index contributed by atoms with van der Waals surface area (Å²) >= 11 is 0. The summed E-state index contributed by atoms with van der Waals surface area (Å²) in [6, 6.07) is 0. The van der Waals surface area contributed by atoms with E-state index >= 15 is 0 Å². The van der Waals surface area contributed by atoms with Crippen LogP contribution in [0.1, 0.15) is 53.4 Å². The van der Waals surface area contributed by atoms with E-state index in [1.165, 1.54) is 38.8 Å². The summed E-state index contributed by atoms with van der Waals surface area (Å²) in [7, 11) is 0. The van der Waals surface area contributed by atoms with Gasteiger partial charge in [0.25, 0.3) is 0 Å². The molecule has 1 heterocycles. The number of nitrogens with two attached hydrogens (primary N) is 1. The second-order valence-corrected chi connectivity index (χ2v) is 7.45. The molecule has 0 spiro atoms. The molecule has 1 aliphatic heterocycles. The van der Waals surface area contributed by atoms with E-state index in [1.54, 1.807) is 0 Å². The van der Waals surface area contributed by atoms with Crippen LogP contribution < -0.4 is 5.73 Å². The van der Waals surface area contributed by atoms with Crippen LogP contribution in [0.25, 0.3) is 0 Å². The quantitative estimate of drug-likeness (QED) is 0.818. The molecule has 2 rings (SSSR count). The third-order valence-corrected chi connectivity index (χ3v) is 5.56. The van der Waals surface area contributed by atoms with Crippen LogP contribution in [-0.4, -0.2) is 30.1 Å². The molecule has 1 saturated heterocycles. The van der Waals surface area contributed by atoms with Crippen LogP contribution in [0.15, 0.2) is 0 Å². The van der Waals surface area contributed by atoms with Crippen molar-refractivity contribution in [3.05, 3.63) is 0 Å². The average molecular weight is 252 g/mol. The fourth-order valence-electron chi connectivity index (χ4n) is 4.59. The summed E-state index contributed by atoms with van der Waals surface area (Å²) in [6.45, 7) is 13.0. The zero-order chi connectivity index (χ0) is 13.3. The standard InChI is InChI=1S/C16H32N2/c1-12-5-6-15(4)16(8-12,11-17)18-9-13(2)7-14(3)10-18/h12-15H,5-11,17H2,1-4H3. The third kappa shape index (κ3) is 2.60. The average Bonchev–Trinajstić information content (AvgIpc) is 2.31. The van der Waals surface area contributed by atoms with Gasteiger partial charge in [0, 0.05) is 25.2 Å². The third-order valence-electron chi connectivity index (χ3n) is 5.56. The second kappa shape index (κ2) is 5.50. The highest BCUT2D eigenvalue weighted by atomic mass is 15.2. The minimum Gasteiger partial charge on any atom is -0.329 e. The van der Waals surface area contributed by atoms with Crippen LogP contribution in [0.3, 0.4) is 0 Å². The van der Waals surface area contributed by atoms with E-state index in [9.17, 15) is 0 Å². The lowest BCUT2D eigenvalue weighted by molar-refractivity contribution is -0.0394. The Morgan fingerprint density at radius 1 is 1.00 bits per heavy atom. The maximum absolute atomic E-state index is 6.27. The molecular formula is C16H32N2. The van der Waals surface area contributed by atoms with E-state index in [4.69, 9.17) is 5.73 Å². The van der Waals surface area contributed by atoms with Gasteiger partial charge in [0.15, 0.2) is 0 Å². The van der Waals surface area contributed by atoms with Gasteiger partial charge in [-0.3, -0.25) is 4.90 Å². The molecule has 2 nitrogen and oxygen atoms in total. The lowest BCUT2D eigenvalue weighted by Crippen LogP contribution is -2.63. The molecule has 2 fully saturated rings. The highest BCUT2D eigenvalue weighted by Crippen LogP contribution is 2.42. The van der Waals surface area contributed by atoms with Gasteiger partial charge in [-0.05, 0) is 42.9 Å². The van der Waals surface area contributed by atoms with Crippen molar-refractivity contribution in [1.82, 2.24) is 4.90 Å². The van der Waals surface area contributed by atoms with Gasteiger partial charge in [-0.25, -0.2) is 0 Å². The predicted molar refractivity (Wildman–Crippen MR) is 78.5 cm³/mol. The molecule has 0 aromatic carbocycles. The molecule has 0 amide bonds. The van der Waals surface area contributed by atoms with E-state index < -0.39 is 0 Å². The Labute approximate surface area is 113 Å². The lowest BCUT2D eigenvalue weighted by atomic mass is 9.67. The Balaban J connectivity index is 2.19. The molecule has 5 unspecified atom stereocenters. The van der Waals surface area contributed by atoms with E-state index in [0.29, 0.717) is 5.54 Å². The van der Waals surface area contributed by atoms with Gasteiger partial charge in [0.2, 0.25) is 0 Å². The minimum absolute atomic E-state index is 0.292. The molecule has 2 N–H and O–H groups in total. The number of hydrogen-bond acceptors (Lipinski definition) is 2. The highest BCUT2D eigenvalue weighted by Gasteiger charge is 2.45. The number of nitrogens with zero attached hydrogens (tertiary/aromatic N) is 1. The summed E-state index contributed by atoms with van der Waals surface area (Å²) in [5.41, 5.74) is 6.56. The summed E-state index contributed by atoms with van der Waals surface area (Å²) in [4.78, 5) is 2.77. The normalized spacial score (nSPS) is 47.2. The van der Waals surface area contributed by atoms with Crippen molar-refractivity contribution in [2.45, 2.75) is 58.9 Å². The Kier molecular flexibility index (Phi) is 4.38. The first-order valence-corrected chi connectivity index (χ1v) is 7.93. The molecular weight excluding hydrogens is 220 g/mol. The van der Waals surface area contributed by atoms with Crippen LogP contribution in [0.4, 0.5) is 0 Å². The van der Waals surface area contributed by atoms with Crippen LogP contribution >= 0.6 is 0 Å². The Hall–Kier alpha value is -0.0800. The fraction of sp³-hybridized carbons (Fsp3) is 1.00. The van der Waals surface area contributed by atoms with Gasteiger partial charge in [-0.2, -0.15) is 0 Å². The summed E-state index contributed by atoms with van der Waals surface area (Å²) in [5.74, 6) is 3.27. The van der Waals surface area contributed by atoms with Crippen LogP contribution in [0.2, 0.25) is 0 Å². The zero-order valence-corrected chi connectivity index (χ0v) is 12.8. The molecule has 1 aliphatic carbocycles. The van der Waals surface area contributed by atoms with Crippen molar-refractivity contribution in [2.75, 3.05) is 19.6 Å². The minimum atomic E-state index is 0.292. The van der Waals surface area contributed by atoms with Gasteiger partial charge in [0.1, 0.15) is 0 Å². The van der Waals surface area contributed by atoms with E-state index in [0.717, 1.165) is 30.2 Å². The van der Waals surface area contributed by atoms with Gasteiger partial charge < -0.3 is 5.73 Å². The number of hydrogen-bond donors (Lipinski definition) is 1. The predicted octanol–water partition coefficient (Wildman–Crippen LogP) is 3.12. The molecule has 0 radical (unpaired) electrons. The SMILES string of the molecule is CC1CC(C)CN(C2(CN)CC(C)CCC2C)C1. The van der Waals surface area contributed by atoms with Crippen LogP contribution in [0, 0.1) is 23.7 Å². The molecule has 106 valence electrons. The van der Waals surface area contributed by atoms with Crippen molar-refractivity contribution in [1.29, 1.82) is 0 Å². The first-order valence-electron chi connectivity index (χ1n) is 7.93. The first kappa shape index (κ1) is 14.3. The Morgan fingerprint density at radius 2 is 1.61 bits per heavy atom. The van der Waals surface area contributed by atoms with E-state index in [-0.39, 0.29) is 0 Å². The molecule has 0 aromatic rings. The molecule has 2 heteroatoms. The maximum atomic E-state index is 6.27. The van der Waals surface area contributed by atoms with E-state index in [2.05, 4.69) is 32.6 Å². The second-order valence-electron chi connectivity index (χ2n) is 7.45. The number of piperidine rings is 1. The molecule has 2 aliphatic rings. The topological polar surface area (TPSA) is 29.3 Å². The Bertz CT molecular complexity index is 268. The highest BCUT2D eigenvalue weighted by molar-refractivity contribution is 5.01. The van der Waals surface area contributed by atoms with Crippen molar-refractivity contribution >= 4 is 0 Å². The first-order chi connectivity index (χ1) is 8.48. The van der Waals surface area contributed by atoms with Gasteiger partial charge in [-0.15, -0.1) is 0 Å². The van der Waals surface area contributed by atoms with Gasteiger partial charge in [0.05, 0.1) is 0 Å². The monoisotopic (exact) mass is 252 g/mol. The molecule has 18 heavy (non-hydrogen) atoms. The number of rotatable bonds is 2. The summed E-state index contributed by atoms with van der Waals surface area (Å²) in [5, 5.41) is 0. The van der Waals surface area contributed by atoms with Gasteiger partial charge in [-0.1, -0.05) is 34.1 Å². The van der Waals surface area contributed by atoms with Crippen molar-refractivity contribution in [2.24, 2.45) is 29.4 Å². The van der Waals surface area contributed by atoms with Gasteiger partial charge >= 0.3 is 0 Å². The molecule has 5 atom stereocenters. The smallest absolute Gasteiger partial charge is 0.0359 e. The Morgan fingerprint density at radius 3 is 2.17 bits per heavy atom. The van der Waals surface area contributed by atoms with E-state index in [1.807, 2.05) is 0 Å².